The number of aromatic nitrogens is 3. The molecule has 1 aromatic carbocycles. The second kappa shape index (κ2) is 6.54. The summed E-state index contributed by atoms with van der Waals surface area (Å²) in [5.74, 6) is 0. The molecule has 0 amide bonds. The van der Waals surface area contributed by atoms with E-state index in [9.17, 15) is 0 Å². The number of nitrogens with one attached hydrogen (secondary N) is 1. The minimum absolute atomic E-state index is 0.162. The third kappa shape index (κ3) is 3.94. The van der Waals surface area contributed by atoms with Gasteiger partial charge in [-0.05, 0) is 31.0 Å². The molecule has 2 aromatic rings. The molecular formula is C13H17ClN4O. The molecule has 0 unspecified atom stereocenters. The second-order valence-electron chi connectivity index (χ2n) is 4.37. The van der Waals surface area contributed by atoms with Crippen LogP contribution in [0.1, 0.15) is 17.7 Å². The highest BCUT2D eigenvalue weighted by molar-refractivity contribution is 6.31. The first-order chi connectivity index (χ1) is 9.19. The van der Waals surface area contributed by atoms with Crippen molar-refractivity contribution in [1.29, 1.82) is 0 Å². The highest BCUT2D eigenvalue weighted by Gasteiger charge is 2.02. The lowest BCUT2D eigenvalue weighted by atomic mass is 10.2. The normalized spacial score (nSPS) is 10.7. The molecule has 2 N–H and O–H groups in total. The fraction of sp³-hybridized carbons (Fsp3) is 0.385. The zero-order chi connectivity index (χ0) is 13.7. The monoisotopic (exact) mass is 280 g/mol. The lowest BCUT2D eigenvalue weighted by molar-refractivity contribution is 0.276. The van der Waals surface area contributed by atoms with E-state index in [0.717, 1.165) is 22.0 Å². The van der Waals surface area contributed by atoms with Crippen molar-refractivity contribution in [3.05, 3.63) is 40.7 Å². The summed E-state index contributed by atoms with van der Waals surface area (Å²) in [7, 11) is 0. The number of aliphatic hydroxyl groups excluding tert-OH is 1. The minimum atomic E-state index is 0.162. The van der Waals surface area contributed by atoms with Crippen LogP contribution < -0.4 is 5.32 Å². The lowest BCUT2D eigenvalue weighted by Crippen LogP contribution is -2.01. The molecule has 0 aliphatic rings. The van der Waals surface area contributed by atoms with E-state index in [1.54, 1.807) is 4.68 Å². The van der Waals surface area contributed by atoms with Crippen LogP contribution in [0.15, 0.2) is 24.4 Å². The zero-order valence-corrected chi connectivity index (χ0v) is 11.6. The van der Waals surface area contributed by atoms with Crippen molar-refractivity contribution in [2.24, 2.45) is 0 Å². The number of anilines is 1. The Hall–Kier alpha value is -1.59. The summed E-state index contributed by atoms with van der Waals surface area (Å²) in [4.78, 5) is 0. The van der Waals surface area contributed by atoms with E-state index in [-0.39, 0.29) is 6.61 Å². The number of hydrogen-bond acceptors (Lipinski definition) is 4. The molecule has 0 radical (unpaired) electrons. The Bertz CT molecular complexity index is 541. The first kappa shape index (κ1) is 13.8. The maximum absolute atomic E-state index is 8.75. The van der Waals surface area contributed by atoms with Gasteiger partial charge in [0.25, 0.3) is 0 Å². The van der Waals surface area contributed by atoms with Gasteiger partial charge in [0, 0.05) is 23.9 Å². The summed E-state index contributed by atoms with van der Waals surface area (Å²) in [6.45, 7) is 3.41. The van der Waals surface area contributed by atoms with E-state index in [1.165, 1.54) is 0 Å². The molecule has 0 spiro atoms. The van der Waals surface area contributed by atoms with E-state index >= 15 is 0 Å². The number of nitrogens with zero attached hydrogens (tertiary/aromatic N) is 3. The van der Waals surface area contributed by atoms with Gasteiger partial charge in [-0.3, -0.25) is 4.68 Å². The fourth-order valence-electron chi connectivity index (χ4n) is 1.66. The molecule has 0 aliphatic carbocycles. The van der Waals surface area contributed by atoms with Gasteiger partial charge in [-0.1, -0.05) is 22.9 Å². The maximum atomic E-state index is 8.75. The quantitative estimate of drug-likeness (QED) is 0.852. The van der Waals surface area contributed by atoms with E-state index in [1.807, 2.05) is 31.3 Å². The number of hydrogen-bond donors (Lipinski definition) is 2. The molecule has 6 heteroatoms. The first-order valence-corrected chi connectivity index (χ1v) is 6.57. The maximum Gasteiger partial charge on any atom is 0.102 e. The van der Waals surface area contributed by atoms with Crippen molar-refractivity contribution in [2.75, 3.05) is 11.9 Å². The largest absolute Gasteiger partial charge is 0.396 e. The Kier molecular flexibility index (Phi) is 4.76. The number of benzene rings is 1. The first-order valence-electron chi connectivity index (χ1n) is 6.19. The zero-order valence-electron chi connectivity index (χ0n) is 10.8. The molecule has 2 rings (SSSR count). The van der Waals surface area contributed by atoms with Crippen LogP contribution >= 0.6 is 11.6 Å². The van der Waals surface area contributed by atoms with Crippen molar-refractivity contribution in [1.82, 2.24) is 15.0 Å². The SMILES string of the molecule is Cc1ccc(NCc2cn(CCCO)nn2)cc1Cl. The summed E-state index contributed by atoms with van der Waals surface area (Å²) >= 11 is 6.06. The predicted molar refractivity (Wildman–Crippen MR) is 75.2 cm³/mol. The molecule has 1 heterocycles. The van der Waals surface area contributed by atoms with Gasteiger partial charge in [0.15, 0.2) is 0 Å². The van der Waals surface area contributed by atoms with Gasteiger partial charge in [0.05, 0.1) is 12.7 Å². The van der Waals surface area contributed by atoms with Gasteiger partial charge < -0.3 is 10.4 Å². The van der Waals surface area contributed by atoms with Crippen LogP contribution in [-0.2, 0) is 13.1 Å². The van der Waals surface area contributed by atoms with E-state index in [0.29, 0.717) is 19.5 Å². The highest BCUT2D eigenvalue weighted by Crippen LogP contribution is 2.20. The van der Waals surface area contributed by atoms with Gasteiger partial charge in [0.2, 0.25) is 0 Å². The molecule has 5 nitrogen and oxygen atoms in total. The van der Waals surface area contributed by atoms with E-state index < -0.39 is 0 Å². The van der Waals surface area contributed by atoms with Crippen LogP contribution in [0, 0.1) is 6.92 Å². The predicted octanol–water partition coefficient (Wildman–Crippen LogP) is 2.23. The molecule has 1 aromatic heterocycles. The van der Waals surface area contributed by atoms with Crippen LogP contribution in [-0.4, -0.2) is 26.7 Å². The standard InChI is InChI=1S/C13H17ClN4O/c1-10-3-4-11(7-13(10)14)15-8-12-9-18(17-16-12)5-2-6-19/h3-4,7,9,15,19H,2,5-6,8H2,1H3. The average molecular weight is 281 g/mol. The summed E-state index contributed by atoms with van der Waals surface area (Å²) in [6, 6.07) is 5.85. The summed E-state index contributed by atoms with van der Waals surface area (Å²) in [5, 5.41) is 20.8. The average Bonchev–Trinajstić information content (AvgIpc) is 2.86. The third-order valence-electron chi connectivity index (χ3n) is 2.78. The Balaban J connectivity index is 1.91. The molecule has 0 fully saturated rings. The van der Waals surface area contributed by atoms with Crippen molar-refractivity contribution in [2.45, 2.75) is 26.4 Å². The number of aryl methyl sites for hydroxylation is 2. The van der Waals surface area contributed by atoms with E-state index in [2.05, 4.69) is 15.6 Å². The number of aliphatic hydroxyl groups is 1. The van der Waals surface area contributed by atoms with Gasteiger partial charge in [-0.2, -0.15) is 0 Å². The minimum Gasteiger partial charge on any atom is -0.396 e. The summed E-state index contributed by atoms with van der Waals surface area (Å²) in [5.41, 5.74) is 2.87. The van der Waals surface area contributed by atoms with Crippen molar-refractivity contribution < 1.29 is 5.11 Å². The molecule has 0 aliphatic heterocycles. The van der Waals surface area contributed by atoms with Gasteiger partial charge in [-0.25, -0.2) is 0 Å². The molecular weight excluding hydrogens is 264 g/mol. The van der Waals surface area contributed by atoms with Crippen molar-refractivity contribution >= 4 is 17.3 Å². The lowest BCUT2D eigenvalue weighted by Gasteiger charge is -2.05. The van der Waals surface area contributed by atoms with Crippen LogP contribution in [0.2, 0.25) is 5.02 Å². The summed E-state index contributed by atoms with van der Waals surface area (Å²) in [6.07, 6.45) is 2.56. The summed E-state index contributed by atoms with van der Waals surface area (Å²) < 4.78 is 1.73. The van der Waals surface area contributed by atoms with Gasteiger partial charge in [0.1, 0.15) is 5.69 Å². The Labute approximate surface area is 117 Å². The van der Waals surface area contributed by atoms with Crippen LogP contribution in [0.25, 0.3) is 0 Å². The number of halogens is 1. The highest BCUT2D eigenvalue weighted by atomic mass is 35.5. The molecule has 0 saturated carbocycles. The Morgan fingerprint density at radius 3 is 3.00 bits per heavy atom. The van der Waals surface area contributed by atoms with Crippen LogP contribution in [0.4, 0.5) is 5.69 Å². The molecule has 0 bridgehead atoms. The number of rotatable bonds is 6. The van der Waals surface area contributed by atoms with Crippen molar-refractivity contribution in [3.8, 4) is 0 Å². The van der Waals surface area contributed by atoms with Crippen LogP contribution in [0.3, 0.4) is 0 Å². The molecule has 19 heavy (non-hydrogen) atoms. The molecule has 0 saturated heterocycles. The second-order valence-corrected chi connectivity index (χ2v) is 4.77. The van der Waals surface area contributed by atoms with Gasteiger partial charge >= 0.3 is 0 Å². The Morgan fingerprint density at radius 1 is 1.42 bits per heavy atom. The molecule has 102 valence electrons. The Morgan fingerprint density at radius 2 is 2.26 bits per heavy atom. The van der Waals surface area contributed by atoms with E-state index in [4.69, 9.17) is 16.7 Å². The van der Waals surface area contributed by atoms with Crippen molar-refractivity contribution in [3.63, 3.8) is 0 Å². The fourth-order valence-corrected chi connectivity index (χ4v) is 1.84. The third-order valence-corrected chi connectivity index (χ3v) is 3.18. The smallest absolute Gasteiger partial charge is 0.102 e. The van der Waals surface area contributed by atoms with Gasteiger partial charge in [-0.15, -0.1) is 5.10 Å². The molecule has 0 atom stereocenters. The topological polar surface area (TPSA) is 63.0 Å². The van der Waals surface area contributed by atoms with Crippen LogP contribution in [0.5, 0.6) is 0 Å².